The van der Waals surface area contributed by atoms with E-state index in [1.54, 1.807) is 0 Å². The van der Waals surface area contributed by atoms with Crippen LogP contribution in [0.15, 0.2) is 47.6 Å². The zero-order chi connectivity index (χ0) is 15.2. The van der Waals surface area contributed by atoms with Crippen LogP contribution in [0, 0.1) is 35.0 Å². The van der Waals surface area contributed by atoms with Crippen LogP contribution < -0.4 is 0 Å². The first-order valence-electron chi connectivity index (χ1n) is 7.05. The lowest BCUT2D eigenvalue weighted by molar-refractivity contribution is 0.522. The Bertz CT molecular complexity index is 793. The van der Waals surface area contributed by atoms with Crippen molar-refractivity contribution in [3.05, 3.63) is 64.3 Å². The highest BCUT2D eigenvalue weighted by Crippen LogP contribution is 2.59. The SMILES string of the molecule is CC1=CC2(C)C(=C(C#N)C#N)c3cc(C)ccc3C2C=C1. The number of aryl methyl sites for hydroxylation is 1. The lowest BCUT2D eigenvalue weighted by atomic mass is 9.70. The Balaban J connectivity index is 2.41. The second-order valence-corrected chi connectivity index (χ2v) is 6.07. The van der Waals surface area contributed by atoms with Crippen molar-refractivity contribution in [1.29, 1.82) is 10.5 Å². The van der Waals surface area contributed by atoms with Gasteiger partial charge in [-0.05, 0) is 30.5 Å². The van der Waals surface area contributed by atoms with E-state index in [0.29, 0.717) is 0 Å². The van der Waals surface area contributed by atoms with Gasteiger partial charge in [0.25, 0.3) is 0 Å². The van der Waals surface area contributed by atoms with Gasteiger partial charge in [0.15, 0.2) is 0 Å². The maximum atomic E-state index is 9.38. The number of hydrogen-bond donors (Lipinski definition) is 0. The van der Waals surface area contributed by atoms with Crippen molar-refractivity contribution in [3.63, 3.8) is 0 Å². The van der Waals surface area contributed by atoms with Gasteiger partial charge in [-0.1, -0.05) is 54.5 Å². The fourth-order valence-corrected chi connectivity index (χ4v) is 3.70. The molecule has 2 nitrogen and oxygen atoms in total. The summed E-state index contributed by atoms with van der Waals surface area (Å²) in [6.07, 6.45) is 6.51. The quantitative estimate of drug-likeness (QED) is 0.656. The van der Waals surface area contributed by atoms with E-state index in [1.807, 2.05) is 6.92 Å². The molecule has 21 heavy (non-hydrogen) atoms. The number of hydrogen-bond acceptors (Lipinski definition) is 2. The van der Waals surface area contributed by atoms with Crippen molar-refractivity contribution < 1.29 is 0 Å². The van der Waals surface area contributed by atoms with E-state index in [-0.39, 0.29) is 16.9 Å². The molecule has 0 spiro atoms. The number of allylic oxidation sites excluding steroid dienone is 6. The summed E-state index contributed by atoms with van der Waals surface area (Å²) in [6, 6.07) is 10.5. The van der Waals surface area contributed by atoms with Crippen molar-refractivity contribution in [2.75, 3.05) is 0 Å². The van der Waals surface area contributed by atoms with Crippen LogP contribution in [0.3, 0.4) is 0 Å². The van der Waals surface area contributed by atoms with E-state index in [4.69, 9.17) is 0 Å². The topological polar surface area (TPSA) is 47.6 Å². The molecule has 1 aromatic carbocycles. The zero-order valence-electron chi connectivity index (χ0n) is 12.4. The molecule has 102 valence electrons. The molecule has 2 atom stereocenters. The van der Waals surface area contributed by atoms with E-state index in [0.717, 1.165) is 16.7 Å². The van der Waals surface area contributed by atoms with Crippen LogP contribution in [0.2, 0.25) is 0 Å². The molecule has 0 aliphatic heterocycles. The zero-order valence-corrected chi connectivity index (χ0v) is 12.4. The summed E-state index contributed by atoms with van der Waals surface area (Å²) in [5, 5.41) is 18.8. The number of nitriles is 2. The van der Waals surface area contributed by atoms with E-state index < -0.39 is 0 Å². The van der Waals surface area contributed by atoms with Crippen LogP contribution in [-0.4, -0.2) is 0 Å². The molecule has 0 fully saturated rings. The maximum Gasteiger partial charge on any atom is 0.134 e. The van der Waals surface area contributed by atoms with Crippen molar-refractivity contribution in [1.82, 2.24) is 0 Å². The van der Waals surface area contributed by atoms with Crippen LogP contribution in [0.4, 0.5) is 0 Å². The highest BCUT2D eigenvalue weighted by Gasteiger charge is 2.46. The number of fused-ring (bicyclic) bond motifs is 3. The largest absolute Gasteiger partial charge is 0.192 e. The van der Waals surface area contributed by atoms with Crippen LogP contribution in [-0.2, 0) is 0 Å². The Kier molecular flexibility index (Phi) is 2.85. The van der Waals surface area contributed by atoms with Crippen molar-refractivity contribution in [2.45, 2.75) is 26.7 Å². The Labute approximate surface area is 125 Å². The summed E-state index contributed by atoms with van der Waals surface area (Å²) in [7, 11) is 0. The third kappa shape index (κ3) is 1.77. The molecule has 0 N–H and O–H groups in total. The number of nitrogens with zero attached hydrogens (tertiary/aromatic N) is 2. The highest BCUT2D eigenvalue weighted by atomic mass is 14.5. The Morgan fingerprint density at radius 3 is 2.57 bits per heavy atom. The third-order valence-corrected chi connectivity index (χ3v) is 4.55. The van der Waals surface area contributed by atoms with Gasteiger partial charge in [-0.15, -0.1) is 0 Å². The highest BCUT2D eigenvalue weighted by molar-refractivity contribution is 5.88. The lowest BCUT2D eigenvalue weighted by Gasteiger charge is -2.32. The van der Waals surface area contributed by atoms with E-state index in [2.05, 4.69) is 62.4 Å². The first-order chi connectivity index (χ1) is 10.0. The molecule has 3 rings (SSSR count). The molecule has 0 saturated heterocycles. The van der Waals surface area contributed by atoms with Crippen LogP contribution in [0.5, 0.6) is 0 Å². The fraction of sp³-hybridized carbons (Fsp3) is 0.263. The smallest absolute Gasteiger partial charge is 0.134 e. The minimum absolute atomic E-state index is 0.198. The van der Waals surface area contributed by atoms with Gasteiger partial charge in [-0.2, -0.15) is 10.5 Å². The van der Waals surface area contributed by atoms with Gasteiger partial charge >= 0.3 is 0 Å². The van der Waals surface area contributed by atoms with Crippen LogP contribution >= 0.6 is 0 Å². The first-order valence-corrected chi connectivity index (χ1v) is 7.05. The monoisotopic (exact) mass is 272 g/mol. The summed E-state index contributed by atoms with van der Waals surface area (Å²) in [6.45, 7) is 6.23. The van der Waals surface area contributed by atoms with Gasteiger partial charge in [0.05, 0.1) is 0 Å². The van der Waals surface area contributed by atoms with Gasteiger partial charge < -0.3 is 0 Å². The second-order valence-electron chi connectivity index (χ2n) is 6.07. The summed E-state index contributed by atoms with van der Waals surface area (Å²) < 4.78 is 0. The Hall–Kier alpha value is -2.58. The molecule has 2 aliphatic carbocycles. The standard InChI is InChI=1S/C19H16N2/c1-12-4-6-15-16(8-12)18(14(10-20)11-21)19(3)9-13(2)5-7-17(15)19/h4-9,17H,1-3H3. The Morgan fingerprint density at radius 1 is 1.19 bits per heavy atom. The molecule has 0 radical (unpaired) electrons. The van der Waals surface area contributed by atoms with Crippen LogP contribution in [0.25, 0.3) is 5.57 Å². The first kappa shape index (κ1) is 13.4. The van der Waals surface area contributed by atoms with E-state index in [1.165, 1.54) is 11.1 Å². The number of benzene rings is 1. The van der Waals surface area contributed by atoms with Gasteiger partial charge in [0, 0.05) is 11.3 Å². The maximum absolute atomic E-state index is 9.38. The second kappa shape index (κ2) is 4.47. The molecule has 1 aromatic rings. The summed E-state index contributed by atoms with van der Waals surface area (Å²) in [5.41, 5.74) is 5.37. The molecule has 0 heterocycles. The predicted molar refractivity (Wildman–Crippen MR) is 83.1 cm³/mol. The molecule has 2 aliphatic rings. The van der Waals surface area contributed by atoms with Gasteiger partial charge in [-0.25, -0.2) is 0 Å². The molecule has 2 heteroatoms. The molecule has 0 bridgehead atoms. The van der Waals surface area contributed by atoms with Gasteiger partial charge in [-0.3, -0.25) is 0 Å². The van der Waals surface area contributed by atoms with Crippen molar-refractivity contribution in [2.24, 2.45) is 5.41 Å². The van der Waals surface area contributed by atoms with Gasteiger partial charge in [0.2, 0.25) is 0 Å². The average molecular weight is 272 g/mol. The molecule has 0 saturated carbocycles. The minimum Gasteiger partial charge on any atom is -0.192 e. The van der Waals surface area contributed by atoms with E-state index >= 15 is 0 Å². The Morgan fingerprint density at radius 2 is 1.90 bits per heavy atom. The molecule has 2 unspecified atom stereocenters. The summed E-state index contributed by atoms with van der Waals surface area (Å²) >= 11 is 0. The summed E-state index contributed by atoms with van der Waals surface area (Å²) in [4.78, 5) is 0. The van der Waals surface area contributed by atoms with Crippen LogP contribution in [0.1, 0.15) is 36.5 Å². The average Bonchev–Trinajstić information content (AvgIpc) is 2.68. The molecular weight excluding hydrogens is 256 g/mol. The number of rotatable bonds is 0. The van der Waals surface area contributed by atoms with Crippen molar-refractivity contribution in [3.8, 4) is 12.1 Å². The fourth-order valence-electron chi connectivity index (χ4n) is 3.70. The minimum atomic E-state index is -0.310. The van der Waals surface area contributed by atoms with E-state index in [9.17, 15) is 10.5 Å². The lowest BCUT2D eigenvalue weighted by Crippen LogP contribution is -2.21. The molecule has 0 aromatic heterocycles. The molecule has 0 amide bonds. The normalized spacial score (nSPS) is 25.5. The van der Waals surface area contributed by atoms with Gasteiger partial charge in [0.1, 0.15) is 17.7 Å². The van der Waals surface area contributed by atoms with Crippen molar-refractivity contribution >= 4 is 5.57 Å². The third-order valence-electron chi connectivity index (χ3n) is 4.55. The molecular formula is C19H16N2. The summed E-state index contributed by atoms with van der Waals surface area (Å²) in [5.74, 6) is 0.198. The predicted octanol–water partition coefficient (Wildman–Crippen LogP) is 4.42.